The first-order valence-electron chi connectivity index (χ1n) is 7.39. The van der Waals surface area contributed by atoms with Crippen LogP contribution in [0.3, 0.4) is 0 Å². The fourth-order valence-corrected chi connectivity index (χ4v) is 3.47. The molecule has 0 bridgehead atoms. The van der Waals surface area contributed by atoms with Crippen LogP contribution in [-0.4, -0.2) is 30.9 Å². The summed E-state index contributed by atoms with van der Waals surface area (Å²) >= 11 is 1.76. The number of hydrogen-bond donors (Lipinski definition) is 1. The largest absolute Gasteiger partial charge is 0.468 e. The van der Waals surface area contributed by atoms with E-state index in [0.29, 0.717) is 5.75 Å². The highest BCUT2D eigenvalue weighted by atomic mass is 32.2. The minimum absolute atomic E-state index is 0.191. The quantitative estimate of drug-likeness (QED) is 0.746. The number of methoxy groups -OCH3 is 1. The van der Waals surface area contributed by atoms with E-state index < -0.39 is 5.54 Å². The molecule has 1 N–H and O–H groups in total. The van der Waals surface area contributed by atoms with Gasteiger partial charge >= 0.3 is 5.97 Å². The molecule has 118 valence electrons. The van der Waals surface area contributed by atoms with Gasteiger partial charge in [-0.05, 0) is 39.3 Å². The number of ether oxygens (including phenoxy) is 1. The van der Waals surface area contributed by atoms with Crippen LogP contribution in [0.15, 0.2) is 18.2 Å². The molecule has 3 nitrogen and oxygen atoms in total. The Hall–Kier alpha value is -1.00. The van der Waals surface area contributed by atoms with Gasteiger partial charge in [0.05, 0.1) is 7.11 Å². The number of carbonyl (C=O) groups excluding carboxylic acids is 1. The molecule has 4 heteroatoms. The first kappa shape index (κ1) is 18.1. The predicted octanol–water partition coefficient (Wildman–Crippen LogP) is 3.47. The molecule has 0 saturated carbocycles. The zero-order chi connectivity index (χ0) is 15.9. The number of benzene rings is 1. The lowest BCUT2D eigenvalue weighted by molar-refractivity contribution is -0.146. The van der Waals surface area contributed by atoms with E-state index in [1.807, 2.05) is 6.92 Å². The molecule has 0 fully saturated rings. The summed E-state index contributed by atoms with van der Waals surface area (Å²) in [5.41, 5.74) is 3.25. The minimum atomic E-state index is -0.617. The van der Waals surface area contributed by atoms with E-state index in [0.717, 1.165) is 18.7 Å². The van der Waals surface area contributed by atoms with Crippen LogP contribution in [-0.2, 0) is 15.3 Å². The maximum atomic E-state index is 12.0. The number of nitrogens with one attached hydrogen (secondary N) is 1. The summed E-state index contributed by atoms with van der Waals surface area (Å²) in [5, 5.41) is 3.31. The van der Waals surface area contributed by atoms with Gasteiger partial charge in [-0.3, -0.25) is 4.79 Å². The van der Waals surface area contributed by atoms with Crippen molar-refractivity contribution in [2.45, 2.75) is 45.4 Å². The van der Waals surface area contributed by atoms with Crippen LogP contribution in [0.2, 0.25) is 0 Å². The molecule has 1 rings (SSSR count). The first-order chi connectivity index (χ1) is 9.91. The molecule has 1 aromatic carbocycles. The molecule has 21 heavy (non-hydrogen) atoms. The maximum absolute atomic E-state index is 12.0. The van der Waals surface area contributed by atoms with E-state index in [4.69, 9.17) is 4.74 Å². The van der Waals surface area contributed by atoms with Crippen molar-refractivity contribution in [3.8, 4) is 0 Å². The molecule has 0 saturated heterocycles. The fraction of sp³-hybridized carbons (Fsp3) is 0.588. The molecule has 0 radical (unpaired) electrons. The van der Waals surface area contributed by atoms with Crippen LogP contribution >= 0.6 is 11.8 Å². The highest BCUT2D eigenvalue weighted by Gasteiger charge is 2.33. The van der Waals surface area contributed by atoms with Crippen molar-refractivity contribution in [2.75, 3.05) is 19.4 Å². The van der Waals surface area contributed by atoms with Gasteiger partial charge < -0.3 is 10.1 Å². The van der Waals surface area contributed by atoms with Crippen LogP contribution in [0.5, 0.6) is 0 Å². The van der Waals surface area contributed by atoms with Crippen molar-refractivity contribution < 1.29 is 9.53 Å². The highest BCUT2D eigenvalue weighted by Crippen LogP contribution is 2.21. The van der Waals surface area contributed by atoms with E-state index in [2.05, 4.69) is 44.3 Å². The van der Waals surface area contributed by atoms with Crippen LogP contribution in [0.4, 0.5) is 0 Å². The second-order valence-corrected chi connectivity index (χ2v) is 6.72. The van der Waals surface area contributed by atoms with Crippen LogP contribution in [0.1, 0.15) is 37.0 Å². The Bertz CT molecular complexity index is 456. The Labute approximate surface area is 132 Å². The number of esters is 1. The normalized spacial score (nSPS) is 13.8. The molecular formula is C17H27NO2S. The van der Waals surface area contributed by atoms with Gasteiger partial charge in [0.1, 0.15) is 5.54 Å². The summed E-state index contributed by atoms with van der Waals surface area (Å²) in [4.78, 5) is 12.0. The Kier molecular flexibility index (Phi) is 7.26. The third kappa shape index (κ3) is 5.71. The maximum Gasteiger partial charge on any atom is 0.326 e. The Morgan fingerprint density at radius 2 is 1.90 bits per heavy atom. The monoisotopic (exact) mass is 309 g/mol. The Balaban J connectivity index is 2.62. The Morgan fingerprint density at radius 1 is 1.29 bits per heavy atom. The zero-order valence-electron chi connectivity index (χ0n) is 13.8. The second kappa shape index (κ2) is 8.44. The van der Waals surface area contributed by atoms with E-state index in [-0.39, 0.29) is 5.97 Å². The lowest BCUT2D eigenvalue weighted by atomic mass is 10.1. The van der Waals surface area contributed by atoms with Crippen molar-refractivity contribution >= 4 is 17.7 Å². The minimum Gasteiger partial charge on any atom is -0.468 e. The van der Waals surface area contributed by atoms with Gasteiger partial charge in [-0.15, -0.1) is 0 Å². The van der Waals surface area contributed by atoms with Crippen LogP contribution in [0, 0.1) is 13.8 Å². The average molecular weight is 309 g/mol. The van der Waals surface area contributed by atoms with E-state index >= 15 is 0 Å². The smallest absolute Gasteiger partial charge is 0.326 e. The molecule has 0 aliphatic heterocycles. The van der Waals surface area contributed by atoms with Gasteiger partial charge in [-0.1, -0.05) is 36.2 Å². The molecule has 1 aromatic rings. The van der Waals surface area contributed by atoms with Crippen LogP contribution in [0.25, 0.3) is 0 Å². The molecule has 0 amide bonds. The number of aryl methyl sites for hydroxylation is 2. The number of rotatable bonds is 8. The summed E-state index contributed by atoms with van der Waals surface area (Å²) in [6.07, 6.45) is 0.994. The van der Waals surface area contributed by atoms with E-state index in [1.54, 1.807) is 11.8 Å². The highest BCUT2D eigenvalue weighted by molar-refractivity contribution is 7.98. The lowest BCUT2D eigenvalue weighted by Crippen LogP contribution is -2.52. The first-order valence-corrected chi connectivity index (χ1v) is 8.55. The van der Waals surface area contributed by atoms with E-state index in [1.165, 1.54) is 23.8 Å². The standard InChI is InChI=1S/C17H27NO2S/c1-6-7-18-17(4,16(19)20-5)12-21-11-15-9-13(2)8-14(3)10-15/h8-10,18H,6-7,11-12H2,1-5H3. The van der Waals surface area contributed by atoms with Gasteiger partial charge in [-0.25, -0.2) is 0 Å². The average Bonchev–Trinajstić information content (AvgIpc) is 2.43. The van der Waals surface area contributed by atoms with Crippen LogP contribution < -0.4 is 5.32 Å². The molecule has 0 heterocycles. The molecule has 0 aliphatic rings. The van der Waals surface area contributed by atoms with Gasteiger partial charge in [0.15, 0.2) is 0 Å². The van der Waals surface area contributed by atoms with E-state index in [9.17, 15) is 4.79 Å². The second-order valence-electron chi connectivity index (χ2n) is 5.74. The molecular weight excluding hydrogens is 282 g/mol. The number of carbonyl (C=O) groups is 1. The summed E-state index contributed by atoms with van der Waals surface area (Å²) < 4.78 is 4.94. The third-order valence-electron chi connectivity index (χ3n) is 3.34. The van der Waals surface area contributed by atoms with Crippen molar-refractivity contribution in [3.05, 3.63) is 34.9 Å². The fourth-order valence-electron chi connectivity index (χ4n) is 2.33. The molecule has 0 aliphatic carbocycles. The zero-order valence-corrected chi connectivity index (χ0v) is 14.6. The Morgan fingerprint density at radius 3 is 2.43 bits per heavy atom. The molecule has 1 atom stereocenters. The predicted molar refractivity (Wildman–Crippen MR) is 90.8 cm³/mol. The van der Waals surface area contributed by atoms with Gasteiger partial charge in [0.2, 0.25) is 0 Å². The van der Waals surface area contributed by atoms with Gasteiger partial charge in [-0.2, -0.15) is 11.8 Å². The SMILES string of the molecule is CCCNC(C)(CSCc1cc(C)cc(C)c1)C(=O)OC. The van der Waals surface area contributed by atoms with Crippen molar-refractivity contribution in [1.29, 1.82) is 0 Å². The molecule has 0 aromatic heterocycles. The van der Waals surface area contributed by atoms with Crippen molar-refractivity contribution in [1.82, 2.24) is 5.32 Å². The summed E-state index contributed by atoms with van der Waals surface area (Å²) in [6.45, 7) is 9.05. The third-order valence-corrected chi connectivity index (χ3v) is 4.66. The van der Waals surface area contributed by atoms with Gasteiger partial charge in [0, 0.05) is 11.5 Å². The lowest BCUT2D eigenvalue weighted by Gasteiger charge is -2.27. The van der Waals surface area contributed by atoms with Gasteiger partial charge in [0.25, 0.3) is 0 Å². The topological polar surface area (TPSA) is 38.3 Å². The van der Waals surface area contributed by atoms with Crippen molar-refractivity contribution in [2.24, 2.45) is 0 Å². The molecule has 1 unspecified atom stereocenters. The number of thioether (sulfide) groups is 1. The summed E-state index contributed by atoms with van der Waals surface area (Å²) in [5.74, 6) is 1.42. The van der Waals surface area contributed by atoms with Crippen molar-refractivity contribution in [3.63, 3.8) is 0 Å². The summed E-state index contributed by atoms with van der Waals surface area (Å²) in [7, 11) is 1.45. The number of hydrogen-bond acceptors (Lipinski definition) is 4. The summed E-state index contributed by atoms with van der Waals surface area (Å²) in [6, 6.07) is 6.58. The molecule has 0 spiro atoms.